The fourth-order valence-electron chi connectivity index (χ4n) is 6.42. The monoisotopic (exact) mass is 619 g/mol. The molecule has 4 heterocycles. The molecule has 0 spiro atoms. The Kier molecular flexibility index (Phi) is 7.61. The third kappa shape index (κ3) is 5.95. The molecular weight excluding hydrogens is 591 g/mol. The molecule has 1 aromatic heterocycles. The number of hydrogen-bond donors (Lipinski definition) is 2. The van der Waals surface area contributed by atoms with Gasteiger partial charge in [-0.2, -0.15) is 13.2 Å². The van der Waals surface area contributed by atoms with Crippen molar-refractivity contribution in [3.05, 3.63) is 62.6 Å². The SMILES string of the molecule is O=C(C[C@@H]1Cc2cc(Cl)c3[nH]c(=O)oc3c2CN(CC(F)(F)F)C1=O)N1CCC(N2CCc3ccccc3NC2=O)CC1. The maximum atomic E-state index is 13.5. The highest BCUT2D eigenvalue weighted by Crippen LogP contribution is 2.35. The average Bonchev–Trinajstić information content (AvgIpc) is 3.21. The van der Waals surface area contributed by atoms with Crippen LogP contribution in [0, 0.1) is 5.92 Å². The van der Waals surface area contributed by atoms with Crippen LogP contribution >= 0.6 is 11.6 Å². The lowest BCUT2D eigenvalue weighted by atomic mass is 9.92. The Balaban J connectivity index is 1.16. The number of aromatic nitrogens is 1. The number of aromatic amines is 1. The van der Waals surface area contributed by atoms with Gasteiger partial charge in [-0.15, -0.1) is 0 Å². The predicted octanol–water partition coefficient (Wildman–Crippen LogP) is 4.31. The van der Waals surface area contributed by atoms with E-state index in [1.54, 1.807) is 9.80 Å². The van der Waals surface area contributed by atoms with E-state index in [4.69, 9.17) is 16.0 Å². The number of alkyl halides is 3. The van der Waals surface area contributed by atoms with Crippen molar-refractivity contribution in [2.45, 2.75) is 50.9 Å². The Morgan fingerprint density at radius 3 is 2.56 bits per heavy atom. The van der Waals surface area contributed by atoms with E-state index < -0.39 is 36.8 Å². The summed E-state index contributed by atoms with van der Waals surface area (Å²) in [5, 5.41) is 3.09. The number of hydrogen-bond acceptors (Lipinski definition) is 5. The van der Waals surface area contributed by atoms with E-state index in [0.717, 1.165) is 11.3 Å². The van der Waals surface area contributed by atoms with Crippen LogP contribution in [0.1, 0.15) is 36.0 Å². The van der Waals surface area contributed by atoms with Crippen LogP contribution in [0.2, 0.25) is 5.02 Å². The van der Waals surface area contributed by atoms with E-state index >= 15 is 0 Å². The highest BCUT2D eigenvalue weighted by Gasteiger charge is 2.40. The molecule has 1 fully saturated rings. The Morgan fingerprint density at radius 1 is 1.07 bits per heavy atom. The van der Waals surface area contributed by atoms with E-state index in [1.807, 2.05) is 24.3 Å². The molecule has 3 aliphatic heterocycles. The summed E-state index contributed by atoms with van der Waals surface area (Å²) in [6, 6.07) is 8.88. The Labute approximate surface area is 248 Å². The van der Waals surface area contributed by atoms with Gasteiger partial charge in [-0.1, -0.05) is 29.8 Å². The molecule has 4 amide bonds. The van der Waals surface area contributed by atoms with Gasteiger partial charge >= 0.3 is 18.0 Å². The van der Waals surface area contributed by atoms with Crippen LogP contribution in [0.5, 0.6) is 0 Å². The van der Waals surface area contributed by atoms with Crippen LogP contribution in [-0.4, -0.2) is 75.9 Å². The number of carbonyl (C=O) groups is 3. The lowest BCUT2D eigenvalue weighted by molar-refractivity contribution is -0.165. The number of carbonyl (C=O) groups excluding carboxylic acids is 3. The zero-order valence-corrected chi connectivity index (χ0v) is 23.8. The van der Waals surface area contributed by atoms with E-state index in [2.05, 4.69) is 10.3 Å². The minimum absolute atomic E-state index is 0.00201. The van der Waals surface area contributed by atoms with E-state index in [-0.39, 0.29) is 52.5 Å². The molecule has 2 N–H and O–H groups in total. The molecule has 0 unspecified atom stereocenters. The van der Waals surface area contributed by atoms with E-state index in [9.17, 15) is 32.3 Å². The Hall–Kier alpha value is -4.00. The van der Waals surface area contributed by atoms with Gasteiger partial charge in [0.15, 0.2) is 5.58 Å². The largest absolute Gasteiger partial charge is 0.417 e. The molecule has 228 valence electrons. The summed E-state index contributed by atoms with van der Waals surface area (Å²) in [4.78, 5) is 58.1. The summed E-state index contributed by atoms with van der Waals surface area (Å²) in [7, 11) is 0. The Morgan fingerprint density at radius 2 is 1.81 bits per heavy atom. The summed E-state index contributed by atoms with van der Waals surface area (Å²) in [6.45, 7) is -0.707. The molecule has 10 nitrogen and oxygen atoms in total. The summed E-state index contributed by atoms with van der Waals surface area (Å²) >= 11 is 6.32. The topological polar surface area (TPSA) is 119 Å². The minimum Gasteiger partial charge on any atom is -0.407 e. The maximum absolute atomic E-state index is 13.5. The number of rotatable bonds is 4. The van der Waals surface area contributed by atoms with Crippen molar-refractivity contribution in [3.63, 3.8) is 0 Å². The third-order valence-electron chi connectivity index (χ3n) is 8.52. The van der Waals surface area contributed by atoms with Crippen molar-refractivity contribution in [1.82, 2.24) is 19.7 Å². The smallest absolute Gasteiger partial charge is 0.407 e. The first kappa shape index (κ1) is 29.1. The van der Waals surface area contributed by atoms with E-state index in [1.165, 1.54) is 6.07 Å². The molecule has 1 atom stereocenters. The number of anilines is 1. The van der Waals surface area contributed by atoms with Gasteiger partial charge in [-0.3, -0.25) is 14.6 Å². The number of halogens is 4. The minimum atomic E-state index is -4.68. The second kappa shape index (κ2) is 11.3. The van der Waals surface area contributed by atoms with Crippen molar-refractivity contribution in [3.8, 4) is 0 Å². The first-order valence-corrected chi connectivity index (χ1v) is 14.5. The summed E-state index contributed by atoms with van der Waals surface area (Å²) in [6.07, 6.45) is -3.22. The number of fused-ring (bicyclic) bond motifs is 4. The average molecular weight is 620 g/mol. The summed E-state index contributed by atoms with van der Waals surface area (Å²) < 4.78 is 45.7. The fourth-order valence-corrected chi connectivity index (χ4v) is 6.68. The normalized spacial score (nSPS) is 20.0. The van der Waals surface area contributed by atoms with Gasteiger partial charge in [-0.05, 0) is 48.9 Å². The van der Waals surface area contributed by atoms with Gasteiger partial charge in [0.25, 0.3) is 0 Å². The quantitative estimate of drug-likeness (QED) is 0.451. The first-order chi connectivity index (χ1) is 20.5. The predicted molar refractivity (Wildman–Crippen MR) is 151 cm³/mol. The van der Waals surface area contributed by atoms with E-state index in [0.29, 0.717) is 49.4 Å². The number of likely N-dealkylation sites (tertiary alicyclic amines) is 1. The van der Waals surface area contributed by atoms with Gasteiger partial charge < -0.3 is 24.4 Å². The second-order valence-electron chi connectivity index (χ2n) is 11.3. The number of nitrogens with zero attached hydrogens (tertiary/aromatic N) is 3. The Bertz CT molecular complexity index is 1650. The molecule has 0 radical (unpaired) electrons. The fraction of sp³-hybridized carbons (Fsp3) is 0.448. The number of para-hydroxylation sites is 1. The number of piperidine rings is 1. The molecular formula is C29H29ClF3N5O5. The zero-order chi connectivity index (χ0) is 30.5. The molecule has 43 heavy (non-hydrogen) atoms. The number of H-pyrrole nitrogens is 1. The number of urea groups is 1. The molecule has 1 saturated heterocycles. The number of nitrogens with one attached hydrogen (secondary N) is 2. The van der Waals surface area contributed by atoms with Crippen LogP contribution in [0.15, 0.2) is 39.5 Å². The highest BCUT2D eigenvalue weighted by molar-refractivity contribution is 6.35. The van der Waals surface area contributed by atoms with Gasteiger partial charge in [0.2, 0.25) is 11.8 Å². The molecule has 3 aliphatic rings. The lowest BCUT2D eigenvalue weighted by Crippen LogP contribution is -2.50. The van der Waals surface area contributed by atoms with Crippen LogP contribution in [-0.2, 0) is 29.0 Å². The summed E-state index contributed by atoms with van der Waals surface area (Å²) in [5.41, 5.74) is 2.69. The van der Waals surface area contributed by atoms with Gasteiger partial charge in [0.05, 0.1) is 17.5 Å². The number of oxazole rings is 1. The van der Waals surface area contributed by atoms with Gasteiger partial charge in [0.1, 0.15) is 12.1 Å². The van der Waals surface area contributed by atoms with Crippen LogP contribution < -0.4 is 11.1 Å². The summed E-state index contributed by atoms with van der Waals surface area (Å²) in [5.74, 6) is -3.04. The lowest BCUT2D eigenvalue weighted by Gasteiger charge is -2.38. The molecule has 2 aromatic carbocycles. The standard InChI is InChI=1S/C29H29ClF3N5O5/c30-21-12-17-11-18(26(40)37(15-29(31,32)33)14-20(17)25-24(21)35-28(42)43-25)13-23(39)36-8-6-19(7-9-36)38-10-5-16-3-1-2-4-22(16)34-27(38)41/h1-4,12,18-19H,5-11,13-15H2,(H,34,41)(H,35,42)/t18-/m0/s1. The second-order valence-corrected chi connectivity index (χ2v) is 11.7. The molecule has 0 bridgehead atoms. The molecule has 0 saturated carbocycles. The van der Waals surface area contributed by atoms with Crippen molar-refractivity contribution in [2.75, 3.05) is 31.5 Å². The third-order valence-corrected chi connectivity index (χ3v) is 8.82. The van der Waals surface area contributed by atoms with Gasteiger partial charge in [-0.25, -0.2) is 9.59 Å². The molecule has 6 rings (SSSR count). The van der Waals surface area contributed by atoms with Crippen LogP contribution in [0.3, 0.4) is 0 Å². The van der Waals surface area contributed by atoms with Crippen LogP contribution in [0.25, 0.3) is 11.1 Å². The maximum Gasteiger partial charge on any atom is 0.417 e. The van der Waals surface area contributed by atoms with Gasteiger partial charge in [0, 0.05) is 43.3 Å². The molecule has 0 aliphatic carbocycles. The zero-order valence-electron chi connectivity index (χ0n) is 23.0. The first-order valence-electron chi connectivity index (χ1n) is 14.1. The van der Waals surface area contributed by atoms with Crippen molar-refractivity contribution in [1.29, 1.82) is 0 Å². The van der Waals surface area contributed by atoms with Crippen molar-refractivity contribution < 1.29 is 32.0 Å². The van der Waals surface area contributed by atoms with Crippen molar-refractivity contribution >= 4 is 46.2 Å². The molecule has 14 heteroatoms. The number of amides is 4. The van der Waals surface area contributed by atoms with Crippen LogP contribution in [0.4, 0.5) is 23.7 Å². The van der Waals surface area contributed by atoms with Crippen molar-refractivity contribution in [2.24, 2.45) is 5.92 Å². The molecule has 3 aromatic rings. The highest BCUT2D eigenvalue weighted by atomic mass is 35.5. The number of benzene rings is 2.